The van der Waals surface area contributed by atoms with Crippen molar-refractivity contribution >= 4 is 11.6 Å². The van der Waals surface area contributed by atoms with E-state index in [0.717, 1.165) is 6.07 Å². The topological polar surface area (TPSA) is 55.1 Å². The van der Waals surface area contributed by atoms with Crippen LogP contribution in [0.3, 0.4) is 0 Å². The molecule has 0 atom stereocenters. The summed E-state index contributed by atoms with van der Waals surface area (Å²) in [7, 11) is 1.64. The van der Waals surface area contributed by atoms with Crippen molar-refractivity contribution in [3.05, 3.63) is 29.6 Å². The van der Waals surface area contributed by atoms with Crippen molar-refractivity contribution in [3.63, 3.8) is 0 Å². The molecule has 4 heteroatoms. The summed E-state index contributed by atoms with van der Waals surface area (Å²) in [4.78, 5) is 10.7. The molecular weight excluding hydrogens is 159 g/mol. The van der Waals surface area contributed by atoms with E-state index in [9.17, 15) is 9.18 Å². The Morgan fingerprint density at radius 1 is 1.58 bits per heavy atom. The summed E-state index contributed by atoms with van der Waals surface area (Å²) in [6.45, 7) is 0. The number of carbonyl (C=O) groups is 1. The molecule has 3 N–H and O–H groups in total. The number of benzene rings is 1. The van der Waals surface area contributed by atoms with E-state index in [1.54, 1.807) is 7.05 Å². The molecule has 0 fully saturated rings. The molecule has 1 aromatic rings. The number of primary amides is 1. The van der Waals surface area contributed by atoms with Crippen molar-refractivity contribution in [3.8, 4) is 0 Å². The number of amides is 1. The predicted molar refractivity (Wildman–Crippen MR) is 44.5 cm³/mol. The second kappa shape index (κ2) is 3.21. The van der Waals surface area contributed by atoms with Gasteiger partial charge in [-0.3, -0.25) is 4.79 Å². The summed E-state index contributed by atoms with van der Waals surface area (Å²) in [5, 5.41) is 2.74. The lowest BCUT2D eigenvalue weighted by atomic mass is 10.1. The quantitative estimate of drug-likeness (QED) is 0.691. The second-order valence-electron chi connectivity index (χ2n) is 2.30. The maximum atomic E-state index is 12.6. The van der Waals surface area contributed by atoms with Gasteiger partial charge in [0.1, 0.15) is 5.82 Å². The zero-order valence-electron chi connectivity index (χ0n) is 6.60. The fourth-order valence-electron chi connectivity index (χ4n) is 0.938. The molecule has 3 nitrogen and oxygen atoms in total. The van der Waals surface area contributed by atoms with Crippen LogP contribution >= 0.6 is 0 Å². The first kappa shape index (κ1) is 8.52. The molecule has 64 valence electrons. The van der Waals surface area contributed by atoms with Gasteiger partial charge in [0, 0.05) is 12.7 Å². The SMILES string of the molecule is CNc1ccc(F)cc1C(N)=O. The molecule has 1 amide bonds. The maximum absolute atomic E-state index is 12.6. The normalized spacial score (nSPS) is 9.50. The van der Waals surface area contributed by atoms with Gasteiger partial charge in [0.2, 0.25) is 0 Å². The Morgan fingerprint density at radius 2 is 2.25 bits per heavy atom. The van der Waals surface area contributed by atoms with Crippen LogP contribution in [0.5, 0.6) is 0 Å². The third kappa shape index (κ3) is 1.53. The van der Waals surface area contributed by atoms with Gasteiger partial charge < -0.3 is 11.1 Å². The molecule has 0 saturated heterocycles. The third-order valence-electron chi connectivity index (χ3n) is 1.52. The van der Waals surface area contributed by atoms with Crippen LogP contribution in [0.4, 0.5) is 10.1 Å². The Morgan fingerprint density at radius 3 is 2.75 bits per heavy atom. The predicted octanol–water partition coefficient (Wildman–Crippen LogP) is 0.966. The Balaban J connectivity index is 3.21. The fourth-order valence-corrected chi connectivity index (χ4v) is 0.938. The highest BCUT2D eigenvalue weighted by Gasteiger charge is 2.07. The summed E-state index contributed by atoms with van der Waals surface area (Å²) in [6.07, 6.45) is 0. The summed E-state index contributed by atoms with van der Waals surface area (Å²) in [6, 6.07) is 3.84. The highest BCUT2D eigenvalue weighted by atomic mass is 19.1. The largest absolute Gasteiger partial charge is 0.387 e. The molecule has 12 heavy (non-hydrogen) atoms. The minimum Gasteiger partial charge on any atom is -0.387 e. The van der Waals surface area contributed by atoms with Crippen molar-refractivity contribution in [1.82, 2.24) is 0 Å². The van der Waals surface area contributed by atoms with E-state index in [4.69, 9.17) is 5.73 Å². The van der Waals surface area contributed by atoms with Crippen molar-refractivity contribution in [1.29, 1.82) is 0 Å². The van der Waals surface area contributed by atoms with Gasteiger partial charge in [-0.05, 0) is 18.2 Å². The Bertz CT molecular complexity index is 312. The van der Waals surface area contributed by atoms with Gasteiger partial charge in [-0.1, -0.05) is 0 Å². The molecular formula is C8H9FN2O. The maximum Gasteiger partial charge on any atom is 0.250 e. The van der Waals surface area contributed by atoms with E-state index in [0.29, 0.717) is 5.69 Å². The fraction of sp³-hybridized carbons (Fsp3) is 0.125. The van der Waals surface area contributed by atoms with Crippen LogP contribution in [0, 0.1) is 5.82 Å². The summed E-state index contributed by atoms with van der Waals surface area (Å²) in [5.41, 5.74) is 5.71. The van der Waals surface area contributed by atoms with Gasteiger partial charge in [0.05, 0.1) is 5.56 Å². The van der Waals surface area contributed by atoms with Gasteiger partial charge in [-0.2, -0.15) is 0 Å². The molecule has 1 aromatic carbocycles. The first-order valence-corrected chi connectivity index (χ1v) is 3.42. The number of rotatable bonds is 2. The van der Waals surface area contributed by atoms with Gasteiger partial charge in [-0.25, -0.2) is 4.39 Å². The van der Waals surface area contributed by atoms with Crippen LogP contribution in [0.1, 0.15) is 10.4 Å². The Labute approximate surface area is 69.4 Å². The van der Waals surface area contributed by atoms with Gasteiger partial charge >= 0.3 is 0 Å². The van der Waals surface area contributed by atoms with Crippen molar-refractivity contribution in [2.45, 2.75) is 0 Å². The van der Waals surface area contributed by atoms with Crippen LogP contribution in [-0.2, 0) is 0 Å². The first-order chi connectivity index (χ1) is 5.65. The Hall–Kier alpha value is -1.58. The average molecular weight is 168 g/mol. The van der Waals surface area contributed by atoms with E-state index in [1.807, 2.05) is 0 Å². The number of anilines is 1. The van der Waals surface area contributed by atoms with Crippen molar-refractivity contribution in [2.75, 3.05) is 12.4 Å². The van der Waals surface area contributed by atoms with Crippen LogP contribution in [0.2, 0.25) is 0 Å². The lowest BCUT2D eigenvalue weighted by molar-refractivity contribution is 0.100. The van der Waals surface area contributed by atoms with Gasteiger partial charge in [-0.15, -0.1) is 0 Å². The van der Waals surface area contributed by atoms with E-state index in [2.05, 4.69) is 5.32 Å². The number of hydrogen-bond acceptors (Lipinski definition) is 2. The van der Waals surface area contributed by atoms with E-state index in [1.165, 1.54) is 12.1 Å². The Kier molecular flexibility index (Phi) is 2.28. The zero-order chi connectivity index (χ0) is 9.14. The highest BCUT2D eigenvalue weighted by Crippen LogP contribution is 2.15. The lowest BCUT2D eigenvalue weighted by Gasteiger charge is -2.04. The number of halogens is 1. The van der Waals surface area contributed by atoms with Crippen molar-refractivity contribution < 1.29 is 9.18 Å². The first-order valence-electron chi connectivity index (χ1n) is 3.42. The molecule has 0 aliphatic heterocycles. The van der Waals surface area contributed by atoms with Crippen LogP contribution < -0.4 is 11.1 Å². The summed E-state index contributed by atoms with van der Waals surface area (Å²) >= 11 is 0. The summed E-state index contributed by atoms with van der Waals surface area (Å²) in [5.74, 6) is -1.11. The molecule has 0 heterocycles. The smallest absolute Gasteiger partial charge is 0.250 e. The van der Waals surface area contributed by atoms with Gasteiger partial charge in [0.15, 0.2) is 0 Å². The number of nitrogens with two attached hydrogens (primary N) is 1. The van der Waals surface area contributed by atoms with E-state index in [-0.39, 0.29) is 5.56 Å². The highest BCUT2D eigenvalue weighted by molar-refractivity contribution is 5.98. The molecule has 0 unspecified atom stereocenters. The third-order valence-corrected chi connectivity index (χ3v) is 1.52. The lowest BCUT2D eigenvalue weighted by Crippen LogP contribution is -2.13. The van der Waals surface area contributed by atoms with Crippen LogP contribution in [0.25, 0.3) is 0 Å². The number of carbonyl (C=O) groups excluding carboxylic acids is 1. The molecule has 1 rings (SSSR count). The minimum atomic E-state index is -0.640. The van der Waals surface area contributed by atoms with Crippen LogP contribution in [-0.4, -0.2) is 13.0 Å². The number of nitrogens with one attached hydrogen (secondary N) is 1. The molecule has 0 spiro atoms. The monoisotopic (exact) mass is 168 g/mol. The molecule has 0 aliphatic rings. The number of hydrogen-bond donors (Lipinski definition) is 2. The molecule has 0 aromatic heterocycles. The second-order valence-corrected chi connectivity index (χ2v) is 2.30. The minimum absolute atomic E-state index is 0.164. The van der Waals surface area contributed by atoms with E-state index >= 15 is 0 Å². The zero-order valence-corrected chi connectivity index (χ0v) is 6.60. The van der Waals surface area contributed by atoms with Gasteiger partial charge in [0.25, 0.3) is 5.91 Å². The molecule has 0 bridgehead atoms. The molecule has 0 aliphatic carbocycles. The van der Waals surface area contributed by atoms with E-state index < -0.39 is 11.7 Å². The molecule has 0 saturated carbocycles. The van der Waals surface area contributed by atoms with Crippen LogP contribution in [0.15, 0.2) is 18.2 Å². The molecule has 0 radical (unpaired) electrons. The standard InChI is InChI=1S/C8H9FN2O/c1-11-7-3-2-5(9)4-6(7)8(10)12/h2-4,11H,1H3,(H2,10,12). The average Bonchev–Trinajstić information content (AvgIpc) is 2.04. The van der Waals surface area contributed by atoms with Crippen molar-refractivity contribution in [2.24, 2.45) is 5.73 Å². The summed E-state index contributed by atoms with van der Waals surface area (Å²) < 4.78 is 12.6.